The van der Waals surface area contributed by atoms with Crippen LogP contribution in [0.25, 0.3) is 33.1 Å². The predicted molar refractivity (Wildman–Crippen MR) is 298 cm³/mol. The number of hydrogen-bond acceptors (Lipinski definition) is 4. The molecule has 4 aliphatic rings. The maximum absolute atomic E-state index is 6.70. The lowest BCUT2D eigenvalue weighted by Gasteiger charge is -2.50. The fraction of sp³-hybridized carbons (Fsp3) is 0.262. The number of fused-ring (bicyclic) bond motifs is 10. The Labute approximate surface area is 414 Å². The highest BCUT2D eigenvalue weighted by molar-refractivity contribution is 7.00. The molecule has 0 radical (unpaired) electrons. The van der Waals surface area contributed by atoms with E-state index in [0.717, 1.165) is 34.0 Å². The molecule has 3 aliphatic heterocycles. The van der Waals surface area contributed by atoms with Gasteiger partial charge in [0.25, 0.3) is 6.71 Å². The Morgan fingerprint density at radius 2 is 1.16 bits per heavy atom. The summed E-state index contributed by atoms with van der Waals surface area (Å²) in [5, 5.41) is 2.26. The molecule has 2 unspecified atom stereocenters. The van der Waals surface area contributed by atoms with Gasteiger partial charge in [-0.05, 0) is 148 Å². The van der Waals surface area contributed by atoms with Crippen molar-refractivity contribution in [2.45, 2.75) is 110 Å². The summed E-state index contributed by atoms with van der Waals surface area (Å²) >= 11 is 0. The minimum absolute atomic E-state index is 0.0252. The van der Waals surface area contributed by atoms with E-state index in [1.165, 1.54) is 109 Å². The van der Waals surface area contributed by atoms with Gasteiger partial charge in [0, 0.05) is 50.5 Å². The van der Waals surface area contributed by atoms with Gasteiger partial charge in [0.05, 0.1) is 22.3 Å². The fourth-order valence-electron chi connectivity index (χ4n) is 13.3. The van der Waals surface area contributed by atoms with Crippen molar-refractivity contribution in [1.82, 2.24) is 0 Å². The molecule has 1 fully saturated rings. The third kappa shape index (κ3) is 6.09. The van der Waals surface area contributed by atoms with E-state index in [0.29, 0.717) is 0 Å². The van der Waals surface area contributed by atoms with E-state index in [9.17, 15) is 0 Å². The van der Waals surface area contributed by atoms with Gasteiger partial charge in [0.1, 0.15) is 11.2 Å². The minimum Gasteiger partial charge on any atom is -0.456 e. The molecule has 0 bridgehead atoms. The van der Waals surface area contributed by atoms with Crippen LogP contribution in [0.2, 0.25) is 0 Å². The molecule has 5 heteroatoms. The van der Waals surface area contributed by atoms with Crippen molar-refractivity contribution in [2.24, 2.45) is 0 Å². The standard InChI is InChI=1S/C65H62BN3O/c1-41-36-56-61-57(37-41)68(54-25-19-27-59-60(54)46-22-13-16-26-58(46)70-59)55-40-45(69-52-24-15-14-23-48(52)64(8)34-17-18-35-65(64,69)9)30-31-49(55)66(61)50-39-44(63(5,6)7)29-33-53(50)67(56)51-32-28-43(62(2,3)4)38-47(51)42-20-11-10-12-21-42/h10-16,19-33,36-40H,17-18,34-35H2,1-9H3. The van der Waals surface area contributed by atoms with Crippen LogP contribution in [0.3, 0.4) is 0 Å². The third-order valence-electron chi connectivity index (χ3n) is 17.1. The first-order valence-electron chi connectivity index (χ1n) is 25.7. The van der Waals surface area contributed by atoms with Crippen molar-refractivity contribution in [3.63, 3.8) is 0 Å². The summed E-state index contributed by atoms with van der Waals surface area (Å²) in [6, 6.07) is 62.5. The zero-order valence-electron chi connectivity index (χ0n) is 42.2. The molecule has 4 heterocycles. The highest BCUT2D eigenvalue weighted by atomic mass is 16.3. The van der Waals surface area contributed by atoms with Gasteiger partial charge in [-0.2, -0.15) is 0 Å². The molecule has 9 aromatic rings. The maximum atomic E-state index is 6.70. The number of nitrogens with zero attached hydrogens (tertiary/aromatic N) is 3. The van der Waals surface area contributed by atoms with Crippen LogP contribution in [0.4, 0.5) is 45.5 Å². The minimum atomic E-state index is -0.0797. The Hall–Kier alpha value is -6.98. The molecule has 0 saturated heterocycles. The van der Waals surface area contributed by atoms with E-state index < -0.39 is 0 Å². The van der Waals surface area contributed by atoms with Gasteiger partial charge in [-0.1, -0.05) is 158 Å². The molecular weight excluding hydrogens is 850 g/mol. The van der Waals surface area contributed by atoms with Gasteiger partial charge >= 0.3 is 0 Å². The molecule has 70 heavy (non-hydrogen) atoms. The Bertz CT molecular complexity index is 3610. The molecule has 346 valence electrons. The van der Waals surface area contributed by atoms with Crippen molar-refractivity contribution in [3.8, 4) is 11.1 Å². The predicted octanol–water partition coefficient (Wildman–Crippen LogP) is 16.0. The van der Waals surface area contributed by atoms with E-state index in [1.54, 1.807) is 0 Å². The largest absolute Gasteiger partial charge is 0.456 e. The van der Waals surface area contributed by atoms with E-state index in [4.69, 9.17) is 4.42 Å². The second-order valence-corrected chi connectivity index (χ2v) is 23.3. The molecule has 4 nitrogen and oxygen atoms in total. The summed E-state index contributed by atoms with van der Waals surface area (Å²) in [7, 11) is 0. The SMILES string of the molecule is Cc1cc2c3c(c1)N(c1cccc4oc5ccccc5c14)c1cc(N4c5ccccc5C5(C)CCCCC45C)ccc1B3c1cc(C(C)(C)C)ccc1N2c1ccc(C(C)(C)C)cc1-c1ccccc1. The summed E-state index contributed by atoms with van der Waals surface area (Å²) < 4.78 is 6.70. The van der Waals surface area contributed by atoms with Gasteiger partial charge in [0.2, 0.25) is 0 Å². The first-order valence-corrected chi connectivity index (χ1v) is 25.7. The zero-order valence-corrected chi connectivity index (χ0v) is 42.2. The normalized spacial score (nSPS) is 19.3. The van der Waals surface area contributed by atoms with Gasteiger partial charge in [-0.25, -0.2) is 0 Å². The Balaban J connectivity index is 1.13. The highest BCUT2D eigenvalue weighted by Crippen LogP contribution is 2.61. The zero-order chi connectivity index (χ0) is 48.1. The fourth-order valence-corrected chi connectivity index (χ4v) is 13.3. The molecule has 1 aromatic heterocycles. The molecule has 13 rings (SSSR count). The second kappa shape index (κ2) is 15.0. The molecule has 8 aromatic carbocycles. The molecule has 0 spiro atoms. The molecule has 1 saturated carbocycles. The molecule has 0 N–H and O–H groups in total. The first-order chi connectivity index (χ1) is 33.6. The van der Waals surface area contributed by atoms with Crippen molar-refractivity contribution < 1.29 is 4.42 Å². The highest BCUT2D eigenvalue weighted by Gasteiger charge is 2.58. The molecular formula is C65H62BN3O. The van der Waals surface area contributed by atoms with E-state index in [1.807, 2.05) is 0 Å². The van der Waals surface area contributed by atoms with Crippen molar-refractivity contribution in [1.29, 1.82) is 0 Å². The maximum Gasteiger partial charge on any atom is 0.252 e. The number of furan rings is 1. The first kappa shape index (κ1) is 43.1. The number of anilines is 8. The summed E-state index contributed by atoms with van der Waals surface area (Å²) in [5.74, 6) is 0. The monoisotopic (exact) mass is 911 g/mol. The lowest BCUT2D eigenvalue weighted by Crippen LogP contribution is -2.61. The number of aryl methyl sites for hydroxylation is 1. The van der Waals surface area contributed by atoms with Crippen LogP contribution >= 0.6 is 0 Å². The third-order valence-corrected chi connectivity index (χ3v) is 17.1. The summed E-state index contributed by atoms with van der Waals surface area (Å²) in [5.41, 5.74) is 23.2. The summed E-state index contributed by atoms with van der Waals surface area (Å²) in [4.78, 5) is 7.97. The van der Waals surface area contributed by atoms with Crippen LogP contribution in [-0.2, 0) is 16.2 Å². The van der Waals surface area contributed by atoms with Crippen LogP contribution in [-0.4, -0.2) is 12.3 Å². The van der Waals surface area contributed by atoms with Gasteiger partial charge < -0.3 is 19.1 Å². The Kier molecular flexibility index (Phi) is 9.24. The topological polar surface area (TPSA) is 22.9 Å². The van der Waals surface area contributed by atoms with Crippen molar-refractivity contribution >= 4 is 90.5 Å². The second-order valence-electron chi connectivity index (χ2n) is 23.3. The number of benzene rings is 8. The average Bonchev–Trinajstić information content (AvgIpc) is 3.83. The van der Waals surface area contributed by atoms with Crippen LogP contribution < -0.4 is 31.1 Å². The van der Waals surface area contributed by atoms with E-state index in [-0.39, 0.29) is 28.5 Å². The van der Waals surface area contributed by atoms with Crippen molar-refractivity contribution in [2.75, 3.05) is 14.7 Å². The molecule has 2 atom stereocenters. The summed E-state index contributed by atoms with van der Waals surface area (Å²) in [6.45, 7) is 21.3. The quantitative estimate of drug-likeness (QED) is 0.164. The number of para-hydroxylation sites is 2. The summed E-state index contributed by atoms with van der Waals surface area (Å²) in [6.07, 6.45) is 4.83. The Morgan fingerprint density at radius 1 is 0.514 bits per heavy atom. The number of rotatable bonds is 4. The van der Waals surface area contributed by atoms with Crippen LogP contribution in [0, 0.1) is 6.92 Å². The van der Waals surface area contributed by atoms with E-state index in [2.05, 4.69) is 241 Å². The molecule has 0 amide bonds. The average molecular weight is 912 g/mol. The van der Waals surface area contributed by atoms with Gasteiger partial charge in [-0.3, -0.25) is 0 Å². The van der Waals surface area contributed by atoms with Crippen LogP contribution in [0.1, 0.15) is 103 Å². The van der Waals surface area contributed by atoms with Gasteiger partial charge in [-0.15, -0.1) is 0 Å². The Morgan fingerprint density at radius 3 is 1.93 bits per heavy atom. The smallest absolute Gasteiger partial charge is 0.252 e. The lowest BCUT2D eigenvalue weighted by molar-refractivity contribution is 0.195. The van der Waals surface area contributed by atoms with Crippen molar-refractivity contribution in [3.05, 3.63) is 186 Å². The lowest BCUT2D eigenvalue weighted by atomic mass is 9.33. The van der Waals surface area contributed by atoms with Crippen LogP contribution in [0.5, 0.6) is 0 Å². The van der Waals surface area contributed by atoms with E-state index >= 15 is 0 Å². The van der Waals surface area contributed by atoms with Crippen LogP contribution in [0.15, 0.2) is 168 Å². The number of hydrogen-bond donors (Lipinski definition) is 0. The van der Waals surface area contributed by atoms with Gasteiger partial charge in [0.15, 0.2) is 0 Å². The molecule has 1 aliphatic carbocycles.